The van der Waals surface area contributed by atoms with Gasteiger partial charge in [0.1, 0.15) is 24.2 Å². The van der Waals surface area contributed by atoms with Crippen LogP contribution >= 0.6 is 11.6 Å². The van der Waals surface area contributed by atoms with E-state index in [1.807, 2.05) is 71.6 Å². The minimum atomic E-state index is -0.692. The molecule has 1 atom stereocenters. The number of carbonyl (C=O) groups excluding carboxylic acids is 2. The van der Waals surface area contributed by atoms with Crippen LogP contribution in [0.1, 0.15) is 36.0 Å². The van der Waals surface area contributed by atoms with Crippen LogP contribution in [0.4, 0.5) is 10.1 Å². The van der Waals surface area contributed by atoms with Crippen molar-refractivity contribution in [1.82, 2.24) is 15.5 Å². The van der Waals surface area contributed by atoms with E-state index in [1.54, 1.807) is 12.0 Å². The van der Waals surface area contributed by atoms with Crippen molar-refractivity contribution in [3.05, 3.63) is 88.4 Å². The van der Waals surface area contributed by atoms with Gasteiger partial charge < -0.3 is 29.7 Å². The number of amides is 2. The molecule has 246 valence electrons. The summed E-state index contributed by atoms with van der Waals surface area (Å²) in [5, 5.41) is 6.74. The van der Waals surface area contributed by atoms with Gasteiger partial charge in [0.05, 0.1) is 33.5 Å². The SMILES string of the molecule is COc1ccccc1COCCCOc1ccc(N2C(=O)CNC[C@@H]2C(=O)N(Cc2cc(CNCCF)ccc2Cl)C2CC2)cc1. The number of hydrogen-bond donors (Lipinski definition) is 2. The van der Waals surface area contributed by atoms with Gasteiger partial charge in [-0.2, -0.15) is 0 Å². The molecule has 3 aromatic rings. The molecule has 1 saturated carbocycles. The molecule has 1 aliphatic carbocycles. The second kappa shape index (κ2) is 16.7. The van der Waals surface area contributed by atoms with Crippen LogP contribution in [-0.4, -0.2) is 75.4 Å². The van der Waals surface area contributed by atoms with Crippen molar-refractivity contribution in [1.29, 1.82) is 0 Å². The maximum absolute atomic E-state index is 14.1. The number of ether oxygens (including phenoxy) is 3. The summed E-state index contributed by atoms with van der Waals surface area (Å²) in [6.45, 7) is 2.67. The first-order valence-electron chi connectivity index (χ1n) is 15.8. The Hall–Kier alpha value is -3.70. The second-order valence-electron chi connectivity index (χ2n) is 11.5. The number of benzene rings is 3. The van der Waals surface area contributed by atoms with Crippen molar-refractivity contribution >= 4 is 29.1 Å². The number of methoxy groups -OCH3 is 1. The Labute approximate surface area is 274 Å². The molecule has 46 heavy (non-hydrogen) atoms. The zero-order chi connectivity index (χ0) is 32.3. The molecule has 0 bridgehead atoms. The summed E-state index contributed by atoms with van der Waals surface area (Å²) in [7, 11) is 1.65. The molecule has 2 aliphatic rings. The van der Waals surface area contributed by atoms with E-state index in [2.05, 4.69) is 10.6 Å². The van der Waals surface area contributed by atoms with E-state index in [4.69, 9.17) is 25.8 Å². The number of alkyl halides is 1. The molecule has 0 aromatic heterocycles. The van der Waals surface area contributed by atoms with Crippen LogP contribution < -0.4 is 25.0 Å². The molecule has 5 rings (SSSR count). The van der Waals surface area contributed by atoms with Gasteiger partial charge in [-0.1, -0.05) is 41.9 Å². The van der Waals surface area contributed by atoms with Gasteiger partial charge in [0.2, 0.25) is 11.8 Å². The van der Waals surface area contributed by atoms with Crippen molar-refractivity contribution in [2.45, 2.75) is 51.0 Å². The van der Waals surface area contributed by atoms with E-state index in [0.29, 0.717) is 62.3 Å². The molecule has 2 amide bonds. The van der Waals surface area contributed by atoms with Crippen molar-refractivity contribution in [2.75, 3.05) is 51.5 Å². The van der Waals surface area contributed by atoms with Crippen LogP contribution in [0.3, 0.4) is 0 Å². The molecular weight excluding hydrogens is 611 g/mol. The first-order chi connectivity index (χ1) is 22.5. The first kappa shape index (κ1) is 33.7. The highest BCUT2D eigenvalue weighted by Gasteiger charge is 2.41. The van der Waals surface area contributed by atoms with Gasteiger partial charge in [0.25, 0.3) is 0 Å². The molecule has 3 aromatic carbocycles. The van der Waals surface area contributed by atoms with Crippen molar-refractivity contribution in [2.24, 2.45) is 0 Å². The van der Waals surface area contributed by atoms with Gasteiger partial charge in [-0.25, -0.2) is 4.39 Å². The third kappa shape index (κ3) is 8.97. The Kier molecular flexibility index (Phi) is 12.2. The lowest BCUT2D eigenvalue weighted by Crippen LogP contribution is -2.61. The minimum Gasteiger partial charge on any atom is -0.496 e. The molecule has 9 nitrogen and oxygen atoms in total. The highest BCUT2D eigenvalue weighted by molar-refractivity contribution is 6.31. The smallest absolute Gasteiger partial charge is 0.247 e. The molecule has 0 unspecified atom stereocenters. The third-order valence-electron chi connectivity index (χ3n) is 8.07. The zero-order valence-electron chi connectivity index (χ0n) is 26.2. The summed E-state index contributed by atoms with van der Waals surface area (Å²) in [5.74, 6) is 1.20. The van der Waals surface area contributed by atoms with Crippen LogP contribution in [0.25, 0.3) is 0 Å². The Morgan fingerprint density at radius 1 is 1.09 bits per heavy atom. The van der Waals surface area contributed by atoms with Crippen LogP contribution in [0, 0.1) is 0 Å². The number of halogens is 2. The summed E-state index contributed by atoms with van der Waals surface area (Å²) >= 11 is 6.56. The fourth-order valence-electron chi connectivity index (χ4n) is 5.55. The molecule has 0 radical (unpaired) electrons. The molecule has 0 spiro atoms. The Morgan fingerprint density at radius 2 is 1.89 bits per heavy atom. The van der Waals surface area contributed by atoms with E-state index in [0.717, 1.165) is 35.3 Å². The molecule has 1 aliphatic heterocycles. The molecule has 2 N–H and O–H groups in total. The highest BCUT2D eigenvalue weighted by Crippen LogP contribution is 2.33. The highest BCUT2D eigenvalue weighted by atomic mass is 35.5. The summed E-state index contributed by atoms with van der Waals surface area (Å²) in [6, 6.07) is 20.2. The van der Waals surface area contributed by atoms with Crippen molar-refractivity contribution in [3.63, 3.8) is 0 Å². The Bertz CT molecular complexity index is 1460. The quantitative estimate of drug-likeness (QED) is 0.201. The van der Waals surface area contributed by atoms with E-state index in [9.17, 15) is 14.0 Å². The largest absolute Gasteiger partial charge is 0.496 e. The monoisotopic (exact) mass is 652 g/mol. The fraction of sp³-hybridized carbons (Fsp3) is 0.429. The number of hydrogen-bond acceptors (Lipinski definition) is 7. The number of piperazine rings is 1. The van der Waals surface area contributed by atoms with Crippen molar-refractivity contribution in [3.8, 4) is 11.5 Å². The maximum atomic E-state index is 14.1. The lowest BCUT2D eigenvalue weighted by Gasteiger charge is -2.38. The van der Waals surface area contributed by atoms with Gasteiger partial charge >= 0.3 is 0 Å². The number of para-hydroxylation sites is 1. The molecule has 11 heteroatoms. The maximum Gasteiger partial charge on any atom is 0.247 e. The lowest BCUT2D eigenvalue weighted by molar-refractivity contribution is -0.136. The number of anilines is 1. The Morgan fingerprint density at radius 3 is 2.65 bits per heavy atom. The van der Waals surface area contributed by atoms with E-state index >= 15 is 0 Å². The number of nitrogens with one attached hydrogen (secondary N) is 2. The summed E-state index contributed by atoms with van der Waals surface area (Å²) in [4.78, 5) is 30.7. The third-order valence-corrected chi connectivity index (χ3v) is 8.44. The van der Waals surface area contributed by atoms with Gasteiger partial charge in [0, 0.05) is 54.9 Å². The first-order valence-corrected chi connectivity index (χ1v) is 16.2. The minimum absolute atomic E-state index is 0.102. The predicted molar refractivity (Wildman–Crippen MR) is 176 cm³/mol. The number of rotatable bonds is 17. The Balaban J connectivity index is 1.18. The van der Waals surface area contributed by atoms with Gasteiger partial charge in [-0.05, 0) is 60.4 Å². The summed E-state index contributed by atoms with van der Waals surface area (Å²) < 4.78 is 29.6. The molecular formula is C35H42ClFN4O5. The molecule has 1 heterocycles. The predicted octanol–water partition coefficient (Wildman–Crippen LogP) is 4.89. The fourth-order valence-corrected chi connectivity index (χ4v) is 5.73. The summed E-state index contributed by atoms with van der Waals surface area (Å²) in [5.41, 5.74) is 3.44. The standard InChI is InChI=1S/C35H42ClFN4O5/c1-44-33-6-3-2-5-26(33)24-45-17-4-18-46-30-12-10-29(11-13-30)41-32(21-39-22-34(41)42)35(43)40(28-8-9-28)23-27-19-25(7-14-31(27)36)20-38-16-15-37/h2-3,5-7,10-14,19,28,32,38-39H,4,8-9,15-18,20-24H2,1H3/t32-/m1/s1. The van der Waals surface area contributed by atoms with Crippen molar-refractivity contribution < 1.29 is 28.2 Å². The molecule has 1 saturated heterocycles. The van der Waals surface area contributed by atoms with Crippen LogP contribution in [0.2, 0.25) is 5.02 Å². The second-order valence-corrected chi connectivity index (χ2v) is 11.9. The summed E-state index contributed by atoms with van der Waals surface area (Å²) in [6.07, 6.45) is 2.53. The van der Waals surface area contributed by atoms with E-state index < -0.39 is 12.7 Å². The van der Waals surface area contributed by atoms with E-state index in [1.165, 1.54) is 0 Å². The van der Waals surface area contributed by atoms with Gasteiger partial charge in [0.15, 0.2) is 0 Å². The van der Waals surface area contributed by atoms with Crippen LogP contribution in [0.5, 0.6) is 11.5 Å². The topological polar surface area (TPSA) is 92.4 Å². The van der Waals surface area contributed by atoms with Gasteiger partial charge in [-0.3, -0.25) is 14.5 Å². The lowest BCUT2D eigenvalue weighted by atomic mass is 10.1. The van der Waals surface area contributed by atoms with Crippen LogP contribution in [-0.2, 0) is 34.0 Å². The molecule has 2 fully saturated rings. The zero-order valence-corrected chi connectivity index (χ0v) is 26.9. The number of nitrogens with zero attached hydrogens (tertiary/aromatic N) is 2. The van der Waals surface area contributed by atoms with E-state index in [-0.39, 0.29) is 30.9 Å². The normalized spacial score (nSPS) is 16.4. The average molecular weight is 653 g/mol. The average Bonchev–Trinajstić information content (AvgIpc) is 3.92. The van der Waals surface area contributed by atoms with Gasteiger partial charge in [-0.15, -0.1) is 0 Å². The van der Waals surface area contributed by atoms with Crippen LogP contribution in [0.15, 0.2) is 66.7 Å². The number of carbonyl (C=O) groups is 2.